The molecule has 1 heterocycles. The zero-order chi connectivity index (χ0) is 9.19. The van der Waals surface area contributed by atoms with Gasteiger partial charge in [-0.1, -0.05) is 27.2 Å². The first-order valence-electron chi connectivity index (χ1n) is 4.45. The van der Waals surface area contributed by atoms with Crippen LogP contribution in [0.1, 0.15) is 37.1 Å². The van der Waals surface area contributed by atoms with Crippen LogP contribution in [0.5, 0.6) is 0 Å². The van der Waals surface area contributed by atoms with E-state index in [-0.39, 0.29) is 0 Å². The van der Waals surface area contributed by atoms with E-state index in [1.807, 2.05) is 17.5 Å². The van der Waals surface area contributed by atoms with E-state index < -0.39 is 0 Å². The largest absolute Gasteiger partial charge is 0.250 e. The van der Waals surface area contributed by atoms with E-state index in [0.717, 1.165) is 6.42 Å². The molecule has 0 N–H and O–H groups in total. The Balaban J connectivity index is 2.63. The highest BCUT2D eigenvalue weighted by Gasteiger charge is 2.16. The second kappa shape index (κ2) is 3.56. The Hall–Kier alpha value is -0.370. The van der Waals surface area contributed by atoms with E-state index in [1.165, 1.54) is 16.3 Å². The Kier molecular flexibility index (Phi) is 2.89. The van der Waals surface area contributed by atoms with E-state index in [1.54, 1.807) is 0 Å². The van der Waals surface area contributed by atoms with E-state index in [9.17, 15) is 0 Å². The summed E-state index contributed by atoms with van der Waals surface area (Å²) in [6, 6.07) is 0. The van der Waals surface area contributed by atoms with Gasteiger partial charge in [-0.05, 0) is 18.8 Å². The van der Waals surface area contributed by atoms with E-state index >= 15 is 0 Å². The number of aryl methyl sites for hydroxylation is 1. The van der Waals surface area contributed by atoms with Crippen molar-refractivity contribution in [2.45, 2.75) is 40.5 Å². The number of thiazole rings is 1. The van der Waals surface area contributed by atoms with Crippen molar-refractivity contribution in [3.63, 3.8) is 0 Å². The molecule has 0 aliphatic rings. The second-order valence-electron chi connectivity index (χ2n) is 4.04. The normalized spacial score (nSPS) is 12.0. The Bertz CT molecular complexity index is 250. The summed E-state index contributed by atoms with van der Waals surface area (Å²) < 4.78 is 0. The lowest BCUT2D eigenvalue weighted by atomic mass is 9.86. The van der Waals surface area contributed by atoms with Crippen molar-refractivity contribution in [2.24, 2.45) is 5.41 Å². The minimum absolute atomic E-state index is 0.430. The molecule has 68 valence electrons. The van der Waals surface area contributed by atoms with Crippen LogP contribution in [0.25, 0.3) is 0 Å². The van der Waals surface area contributed by atoms with Crippen LogP contribution >= 0.6 is 11.3 Å². The summed E-state index contributed by atoms with van der Waals surface area (Å²) in [6.45, 7) is 8.92. The number of hydrogen-bond donors (Lipinski definition) is 0. The smallest absolute Gasteiger partial charge is 0.0896 e. The summed E-state index contributed by atoms with van der Waals surface area (Å²) in [7, 11) is 0. The summed E-state index contributed by atoms with van der Waals surface area (Å²) in [6.07, 6.45) is 4.40. The van der Waals surface area contributed by atoms with E-state index in [4.69, 9.17) is 0 Å². The molecule has 0 radical (unpaired) electrons. The maximum atomic E-state index is 4.25. The molecule has 0 fully saturated rings. The van der Waals surface area contributed by atoms with Crippen LogP contribution in [0.2, 0.25) is 0 Å². The molecule has 0 saturated carbocycles. The third-order valence-electron chi connectivity index (χ3n) is 2.28. The van der Waals surface area contributed by atoms with Crippen molar-refractivity contribution < 1.29 is 0 Å². The number of hydrogen-bond acceptors (Lipinski definition) is 2. The molecule has 0 atom stereocenters. The minimum Gasteiger partial charge on any atom is -0.250 e. The molecule has 0 bridgehead atoms. The maximum absolute atomic E-state index is 4.25. The summed E-state index contributed by atoms with van der Waals surface area (Å²) >= 11 is 1.82. The molecule has 1 aromatic rings. The van der Waals surface area contributed by atoms with Crippen LogP contribution in [0.4, 0.5) is 0 Å². The molecule has 0 spiro atoms. The highest BCUT2D eigenvalue weighted by Crippen LogP contribution is 2.27. The van der Waals surface area contributed by atoms with Crippen molar-refractivity contribution in [1.29, 1.82) is 0 Å². The van der Waals surface area contributed by atoms with Crippen molar-refractivity contribution in [3.05, 3.63) is 16.1 Å². The van der Waals surface area contributed by atoms with Crippen LogP contribution < -0.4 is 0 Å². The van der Waals surface area contributed by atoms with E-state index in [0.29, 0.717) is 5.41 Å². The Morgan fingerprint density at radius 1 is 1.50 bits per heavy atom. The van der Waals surface area contributed by atoms with Crippen LogP contribution in [-0.2, 0) is 6.42 Å². The molecule has 12 heavy (non-hydrogen) atoms. The SMILES string of the molecule is CCC(C)(C)Cc1cnc(C)s1. The number of rotatable bonds is 3. The fourth-order valence-electron chi connectivity index (χ4n) is 1.08. The first-order valence-corrected chi connectivity index (χ1v) is 5.26. The molecule has 1 nitrogen and oxygen atoms in total. The van der Waals surface area contributed by atoms with Gasteiger partial charge in [-0.25, -0.2) is 4.98 Å². The molecular weight excluding hydrogens is 166 g/mol. The molecule has 2 heteroatoms. The highest BCUT2D eigenvalue weighted by molar-refractivity contribution is 7.11. The van der Waals surface area contributed by atoms with Gasteiger partial charge in [0.2, 0.25) is 0 Å². The molecule has 0 saturated heterocycles. The van der Waals surface area contributed by atoms with Gasteiger partial charge in [0, 0.05) is 11.1 Å². The zero-order valence-corrected chi connectivity index (χ0v) is 9.16. The quantitative estimate of drug-likeness (QED) is 0.699. The summed E-state index contributed by atoms with van der Waals surface area (Å²) in [4.78, 5) is 5.67. The van der Waals surface area contributed by atoms with Gasteiger partial charge < -0.3 is 0 Å². The zero-order valence-electron chi connectivity index (χ0n) is 8.35. The minimum atomic E-state index is 0.430. The molecule has 1 rings (SSSR count). The average Bonchev–Trinajstić information content (AvgIpc) is 2.35. The molecular formula is C10H17NS. The lowest BCUT2D eigenvalue weighted by Gasteiger charge is -2.20. The highest BCUT2D eigenvalue weighted by atomic mass is 32.1. The van der Waals surface area contributed by atoms with Gasteiger partial charge in [-0.15, -0.1) is 11.3 Å². The van der Waals surface area contributed by atoms with Gasteiger partial charge in [-0.2, -0.15) is 0 Å². The predicted octanol–water partition coefficient (Wildman–Crippen LogP) is 3.43. The lowest BCUT2D eigenvalue weighted by molar-refractivity contribution is 0.352. The molecule has 0 aliphatic heterocycles. The molecule has 1 aromatic heterocycles. The van der Waals surface area contributed by atoms with Gasteiger partial charge in [0.25, 0.3) is 0 Å². The predicted molar refractivity (Wildman–Crippen MR) is 54.6 cm³/mol. The average molecular weight is 183 g/mol. The number of aromatic nitrogens is 1. The Labute approximate surface area is 78.8 Å². The summed E-state index contributed by atoms with van der Waals surface area (Å²) in [5, 5.41) is 1.18. The van der Waals surface area contributed by atoms with Crippen molar-refractivity contribution in [1.82, 2.24) is 4.98 Å². The van der Waals surface area contributed by atoms with Crippen molar-refractivity contribution in [2.75, 3.05) is 0 Å². The standard InChI is InChI=1S/C10H17NS/c1-5-10(3,4)6-9-7-11-8(2)12-9/h7H,5-6H2,1-4H3. The molecule has 0 unspecified atom stereocenters. The monoisotopic (exact) mass is 183 g/mol. The topological polar surface area (TPSA) is 12.9 Å². The molecule has 0 amide bonds. The summed E-state index contributed by atoms with van der Waals surface area (Å²) in [5.74, 6) is 0. The first-order chi connectivity index (χ1) is 5.53. The molecule has 0 aliphatic carbocycles. The third kappa shape index (κ3) is 2.59. The number of nitrogens with zero attached hydrogens (tertiary/aromatic N) is 1. The van der Waals surface area contributed by atoms with Gasteiger partial charge in [0.1, 0.15) is 0 Å². The van der Waals surface area contributed by atoms with Gasteiger partial charge in [0.15, 0.2) is 0 Å². The maximum Gasteiger partial charge on any atom is 0.0896 e. The van der Waals surface area contributed by atoms with E-state index in [2.05, 4.69) is 32.7 Å². The fraction of sp³-hybridized carbons (Fsp3) is 0.700. The molecule has 0 aromatic carbocycles. The third-order valence-corrected chi connectivity index (χ3v) is 3.19. The first kappa shape index (κ1) is 9.72. The summed E-state index contributed by atoms with van der Waals surface area (Å²) in [5.41, 5.74) is 0.430. The van der Waals surface area contributed by atoms with Crippen LogP contribution in [0.3, 0.4) is 0 Å². The fourth-order valence-corrected chi connectivity index (χ4v) is 2.14. The van der Waals surface area contributed by atoms with Crippen LogP contribution in [0.15, 0.2) is 6.20 Å². The van der Waals surface area contributed by atoms with Crippen molar-refractivity contribution in [3.8, 4) is 0 Å². The van der Waals surface area contributed by atoms with Gasteiger partial charge in [0.05, 0.1) is 5.01 Å². The lowest BCUT2D eigenvalue weighted by Crippen LogP contribution is -2.12. The Morgan fingerprint density at radius 3 is 2.58 bits per heavy atom. The van der Waals surface area contributed by atoms with Gasteiger partial charge in [-0.3, -0.25) is 0 Å². The Morgan fingerprint density at radius 2 is 2.17 bits per heavy atom. The van der Waals surface area contributed by atoms with Crippen LogP contribution in [0, 0.1) is 12.3 Å². The van der Waals surface area contributed by atoms with Crippen LogP contribution in [-0.4, -0.2) is 4.98 Å². The second-order valence-corrected chi connectivity index (χ2v) is 5.36. The van der Waals surface area contributed by atoms with Crippen molar-refractivity contribution >= 4 is 11.3 Å². The van der Waals surface area contributed by atoms with Gasteiger partial charge >= 0.3 is 0 Å².